The second-order valence-electron chi connectivity index (χ2n) is 7.75. The fourth-order valence-electron chi connectivity index (χ4n) is 3.42. The fraction of sp³-hybridized carbons (Fsp3) is 0.250. The van der Waals surface area contributed by atoms with E-state index in [4.69, 9.17) is 9.47 Å². The van der Waals surface area contributed by atoms with Crippen molar-refractivity contribution in [2.24, 2.45) is 0 Å². The molecular weight excluding hydrogens is 442 g/mol. The predicted molar refractivity (Wildman–Crippen MR) is 124 cm³/mol. The number of hydrogen-bond donors (Lipinski definition) is 2. The highest BCUT2D eigenvalue weighted by Gasteiger charge is 2.19. The number of rotatable bonds is 8. The van der Waals surface area contributed by atoms with E-state index in [1.54, 1.807) is 54.6 Å². The summed E-state index contributed by atoms with van der Waals surface area (Å²) in [6.45, 7) is 3.02. The Hall–Kier alpha value is -3.43. The molecule has 1 fully saturated rings. The first-order chi connectivity index (χ1) is 15.9. The average molecular weight is 468 g/mol. The van der Waals surface area contributed by atoms with Gasteiger partial charge in [-0.3, -0.25) is 9.52 Å². The molecule has 1 unspecified atom stereocenters. The standard InChI is InChI=1S/C24H25N3O5S/c1-17-9-11-21(12-10-17)33(29,30)27-18-5-2-6-19(15-18)32-24-22(8-3-13-25-24)23(28)26-16-20-7-4-14-31-20/h2-3,5-6,8-13,15,20,27H,4,7,14,16H2,1H3,(H,26,28). The Morgan fingerprint density at radius 2 is 1.97 bits per heavy atom. The zero-order valence-corrected chi connectivity index (χ0v) is 19.0. The molecule has 1 aliphatic heterocycles. The molecule has 0 saturated carbocycles. The predicted octanol–water partition coefficient (Wildman–Crippen LogP) is 3.89. The van der Waals surface area contributed by atoms with E-state index < -0.39 is 10.0 Å². The number of carbonyl (C=O) groups excluding carboxylic acids is 1. The summed E-state index contributed by atoms with van der Waals surface area (Å²) in [7, 11) is -3.75. The van der Waals surface area contributed by atoms with E-state index >= 15 is 0 Å². The van der Waals surface area contributed by atoms with Crippen LogP contribution < -0.4 is 14.8 Å². The highest BCUT2D eigenvalue weighted by Crippen LogP contribution is 2.27. The first-order valence-electron chi connectivity index (χ1n) is 10.6. The topological polar surface area (TPSA) is 107 Å². The number of ether oxygens (including phenoxy) is 2. The van der Waals surface area contributed by atoms with Crippen LogP contribution in [-0.2, 0) is 14.8 Å². The Balaban J connectivity index is 1.47. The lowest BCUT2D eigenvalue weighted by atomic mass is 10.2. The van der Waals surface area contributed by atoms with Crippen molar-refractivity contribution < 1.29 is 22.7 Å². The van der Waals surface area contributed by atoms with Gasteiger partial charge in [0.2, 0.25) is 5.88 Å². The Labute approximate surface area is 193 Å². The molecule has 0 spiro atoms. The SMILES string of the molecule is Cc1ccc(S(=O)(=O)Nc2cccc(Oc3ncccc3C(=O)NCC3CCCO3)c2)cc1. The van der Waals surface area contributed by atoms with Crippen molar-refractivity contribution in [3.63, 3.8) is 0 Å². The van der Waals surface area contributed by atoms with Crippen molar-refractivity contribution in [3.8, 4) is 11.6 Å². The molecule has 8 nitrogen and oxygen atoms in total. The smallest absolute Gasteiger partial charge is 0.261 e. The monoisotopic (exact) mass is 467 g/mol. The van der Waals surface area contributed by atoms with E-state index in [2.05, 4.69) is 15.0 Å². The van der Waals surface area contributed by atoms with Crippen molar-refractivity contribution in [2.75, 3.05) is 17.9 Å². The van der Waals surface area contributed by atoms with E-state index in [-0.39, 0.29) is 28.4 Å². The zero-order chi connectivity index (χ0) is 23.3. The summed E-state index contributed by atoms with van der Waals surface area (Å²) in [6.07, 6.45) is 3.46. The fourth-order valence-corrected chi connectivity index (χ4v) is 4.47. The molecule has 2 heterocycles. The normalized spacial score (nSPS) is 15.7. The minimum atomic E-state index is -3.75. The molecule has 0 aliphatic carbocycles. The van der Waals surface area contributed by atoms with Gasteiger partial charge in [-0.25, -0.2) is 13.4 Å². The number of sulfonamides is 1. The van der Waals surface area contributed by atoms with E-state index in [0.29, 0.717) is 24.6 Å². The van der Waals surface area contributed by atoms with Crippen molar-refractivity contribution >= 4 is 21.6 Å². The maximum atomic E-state index is 12.7. The summed E-state index contributed by atoms with van der Waals surface area (Å²) < 4.78 is 39.3. The van der Waals surface area contributed by atoms with Crippen LogP contribution in [0.5, 0.6) is 11.6 Å². The minimum absolute atomic E-state index is 0.0215. The van der Waals surface area contributed by atoms with E-state index in [9.17, 15) is 13.2 Å². The van der Waals surface area contributed by atoms with Crippen molar-refractivity contribution in [1.82, 2.24) is 10.3 Å². The number of aryl methyl sites for hydroxylation is 1. The van der Waals surface area contributed by atoms with Gasteiger partial charge < -0.3 is 14.8 Å². The summed E-state index contributed by atoms with van der Waals surface area (Å²) in [5.41, 5.74) is 1.57. The molecule has 1 saturated heterocycles. The van der Waals surface area contributed by atoms with E-state index in [1.165, 1.54) is 12.3 Å². The van der Waals surface area contributed by atoms with Gasteiger partial charge in [0.05, 0.1) is 16.7 Å². The Bertz CT molecular complexity index is 1220. The molecule has 0 radical (unpaired) electrons. The molecule has 9 heteroatoms. The molecule has 2 N–H and O–H groups in total. The van der Waals surface area contributed by atoms with Gasteiger partial charge in [0.1, 0.15) is 11.3 Å². The maximum absolute atomic E-state index is 12.7. The third-order valence-electron chi connectivity index (χ3n) is 5.16. The van der Waals surface area contributed by atoms with Crippen LogP contribution in [0.3, 0.4) is 0 Å². The maximum Gasteiger partial charge on any atom is 0.261 e. The van der Waals surface area contributed by atoms with Crippen LogP contribution in [0, 0.1) is 6.92 Å². The number of pyridine rings is 1. The lowest BCUT2D eigenvalue weighted by Gasteiger charge is -2.13. The number of aromatic nitrogens is 1. The van der Waals surface area contributed by atoms with Crippen LogP contribution in [0.2, 0.25) is 0 Å². The summed E-state index contributed by atoms with van der Waals surface area (Å²) in [6, 6.07) is 16.3. The molecule has 3 aromatic rings. The van der Waals surface area contributed by atoms with Gasteiger partial charge >= 0.3 is 0 Å². The molecule has 33 heavy (non-hydrogen) atoms. The van der Waals surface area contributed by atoms with Gasteiger partial charge in [0.15, 0.2) is 0 Å². The Morgan fingerprint density at radius 3 is 2.73 bits per heavy atom. The average Bonchev–Trinajstić information content (AvgIpc) is 3.32. The van der Waals surface area contributed by atoms with Crippen molar-refractivity contribution in [1.29, 1.82) is 0 Å². The summed E-state index contributed by atoms with van der Waals surface area (Å²) >= 11 is 0. The first-order valence-corrected chi connectivity index (χ1v) is 12.1. The van der Waals surface area contributed by atoms with Crippen LogP contribution in [0.4, 0.5) is 5.69 Å². The van der Waals surface area contributed by atoms with E-state index in [0.717, 1.165) is 18.4 Å². The minimum Gasteiger partial charge on any atom is -0.438 e. The third-order valence-corrected chi connectivity index (χ3v) is 6.56. The largest absolute Gasteiger partial charge is 0.438 e. The molecule has 172 valence electrons. The Kier molecular flexibility index (Phi) is 6.90. The second kappa shape index (κ2) is 10.0. The van der Waals surface area contributed by atoms with Crippen LogP contribution in [-0.4, -0.2) is 38.6 Å². The van der Waals surface area contributed by atoms with Crippen LogP contribution in [0.1, 0.15) is 28.8 Å². The number of nitrogens with one attached hydrogen (secondary N) is 2. The van der Waals surface area contributed by atoms with Crippen LogP contribution in [0.15, 0.2) is 71.8 Å². The van der Waals surface area contributed by atoms with Gasteiger partial charge in [0, 0.05) is 25.4 Å². The summed E-state index contributed by atoms with van der Waals surface area (Å²) in [4.78, 5) is 17.0. The van der Waals surface area contributed by atoms with Gasteiger partial charge in [-0.15, -0.1) is 0 Å². The highest BCUT2D eigenvalue weighted by molar-refractivity contribution is 7.92. The Morgan fingerprint density at radius 1 is 1.15 bits per heavy atom. The molecule has 1 amide bonds. The highest BCUT2D eigenvalue weighted by atomic mass is 32.2. The lowest BCUT2D eigenvalue weighted by Crippen LogP contribution is -2.32. The lowest BCUT2D eigenvalue weighted by molar-refractivity contribution is 0.0855. The van der Waals surface area contributed by atoms with E-state index in [1.807, 2.05) is 6.92 Å². The number of hydrogen-bond acceptors (Lipinski definition) is 6. The summed E-state index contributed by atoms with van der Waals surface area (Å²) in [5.74, 6) is 0.150. The number of amides is 1. The molecule has 0 bridgehead atoms. The first kappa shape index (κ1) is 22.8. The van der Waals surface area contributed by atoms with Crippen LogP contribution in [0.25, 0.3) is 0 Å². The van der Waals surface area contributed by atoms with Crippen molar-refractivity contribution in [3.05, 3.63) is 78.0 Å². The quantitative estimate of drug-likeness (QED) is 0.521. The molecule has 4 rings (SSSR count). The number of benzene rings is 2. The molecular formula is C24H25N3O5S. The van der Waals surface area contributed by atoms with Crippen LogP contribution >= 0.6 is 0 Å². The van der Waals surface area contributed by atoms with Gasteiger partial charge in [-0.05, 0) is 56.2 Å². The number of anilines is 1. The van der Waals surface area contributed by atoms with Crippen molar-refractivity contribution in [2.45, 2.75) is 30.8 Å². The third kappa shape index (κ3) is 5.88. The van der Waals surface area contributed by atoms with Gasteiger partial charge in [-0.1, -0.05) is 23.8 Å². The second-order valence-corrected chi connectivity index (χ2v) is 9.43. The molecule has 1 aliphatic rings. The molecule has 1 aromatic heterocycles. The number of carbonyl (C=O) groups is 1. The summed E-state index contributed by atoms with van der Waals surface area (Å²) in [5, 5.41) is 2.86. The number of nitrogens with zero attached hydrogens (tertiary/aromatic N) is 1. The molecule has 1 atom stereocenters. The van der Waals surface area contributed by atoms with Gasteiger partial charge in [0.25, 0.3) is 15.9 Å². The zero-order valence-electron chi connectivity index (χ0n) is 18.2. The van der Waals surface area contributed by atoms with Gasteiger partial charge in [-0.2, -0.15) is 0 Å². The molecule has 2 aromatic carbocycles.